The second kappa shape index (κ2) is 6.41. The summed E-state index contributed by atoms with van der Waals surface area (Å²) < 4.78 is 5.34. The minimum atomic E-state index is -0.603. The zero-order valence-corrected chi connectivity index (χ0v) is 13.4. The van der Waals surface area contributed by atoms with Crippen LogP contribution in [0.15, 0.2) is 18.2 Å². The molecule has 0 aromatic heterocycles. The van der Waals surface area contributed by atoms with Crippen molar-refractivity contribution >= 4 is 11.8 Å². The van der Waals surface area contributed by atoms with Crippen LogP contribution in [0.25, 0.3) is 0 Å². The van der Waals surface area contributed by atoms with Crippen molar-refractivity contribution in [2.24, 2.45) is 0 Å². The Kier molecular flexibility index (Phi) is 4.74. The van der Waals surface area contributed by atoms with E-state index in [1.165, 1.54) is 23.1 Å². The molecule has 1 aliphatic rings. The quantitative estimate of drug-likeness (QED) is 0.638. The van der Waals surface area contributed by atoms with Gasteiger partial charge in [0.05, 0.1) is 16.5 Å². The molecule has 1 aromatic carbocycles. The largest absolute Gasteiger partial charge is 0.508 e. The Balaban J connectivity index is 2.20. The van der Waals surface area contributed by atoms with Crippen LogP contribution in [-0.4, -0.2) is 46.3 Å². The number of amides is 1. The lowest BCUT2D eigenvalue weighted by Crippen LogP contribution is -2.49. The average Bonchev–Trinajstić information content (AvgIpc) is 2.45. The summed E-state index contributed by atoms with van der Waals surface area (Å²) in [7, 11) is 0. The first kappa shape index (κ1) is 17.0. The number of phenols is 1. The molecule has 1 saturated heterocycles. The van der Waals surface area contributed by atoms with Crippen LogP contribution < -0.4 is 5.32 Å². The van der Waals surface area contributed by atoms with E-state index in [2.05, 4.69) is 5.32 Å². The van der Waals surface area contributed by atoms with E-state index in [0.717, 1.165) is 0 Å². The fourth-order valence-electron chi connectivity index (χ4n) is 2.44. The van der Waals surface area contributed by atoms with Crippen molar-refractivity contribution in [1.82, 2.24) is 10.2 Å². The van der Waals surface area contributed by atoms with Crippen molar-refractivity contribution in [3.8, 4) is 5.75 Å². The van der Waals surface area contributed by atoms with Gasteiger partial charge in [-0.15, -0.1) is 0 Å². The third-order valence-corrected chi connectivity index (χ3v) is 3.41. The number of phenolic OH excluding ortho intramolecular Hbond substituents is 1. The molecule has 126 valence electrons. The third kappa shape index (κ3) is 4.32. The van der Waals surface area contributed by atoms with Gasteiger partial charge in [-0.05, 0) is 32.9 Å². The van der Waals surface area contributed by atoms with Crippen LogP contribution in [0.2, 0.25) is 0 Å². The highest BCUT2D eigenvalue weighted by molar-refractivity contribution is 5.68. The van der Waals surface area contributed by atoms with Crippen LogP contribution in [0, 0.1) is 10.1 Å². The molecule has 0 radical (unpaired) electrons. The van der Waals surface area contributed by atoms with Gasteiger partial charge in [-0.3, -0.25) is 10.1 Å². The monoisotopic (exact) mass is 323 g/mol. The number of aromatic hydroxyl groups is 1. The number of piperazine rings is 1. The average molecular weight is 323 g/mol. The normalized spacial score (nSPS) is 18.6. The predicted molar refractivity (Wildman–Crippen MR) is 83.3 cm³/mol. The van der Waals surface area contributed by atoms with E-state index in [4.69, 9.17) is 4.74 Å². The molecular formula is C15H21N3O5. The Morgan fingerprint density at radius 3 is 2.78 bits per heavy atom. The molecule has 1 unspecified atom stereocenters. The van der Waals surface area contributed by atoms with Crippen LogP contribution in [-0.2, 0) is 4.74 Å². The van der Waals surface area contributed by atoms with Gasteiger partial charge in [0.2, 0.25) is 0 Å². The van der Waals surface area contributed by atoms with Crippen molar-refractivity contribution in [3.63, 3.8) is 0 Å². The lowest BCUT2D eigenvalue weighted by Gasteiger charge is -2.34. The first-order valence-corrected chi connectivity index (χ1v) is 7.36. The standard InChI is InChI=1S/C15H21N3O5/c1-15(2,3)23-14(20)17-7-6-16-12(9-17)11-8-10(19)4-5-13(11)18(21)22/h4-5,8,12,16,19H,6-7,9H2,1-3H3. The molecule has 0 saturated carbocycles. The topological polar surface area (TPSA) is 105 Å². The first-order valence-electron chi connectivity index (χ1n) is 7.36. The highest BCUT2D eigenvalue weighted by Gasteiger charge is 2.31. The number of hydrogen-bond acceptors (Lipinski definition) is 6. The first-order chi connectivity index (χ1) is 10.7. The van der Waals surface area contributed by atoms with Crippen molar-refractivity contribution in [2.45, 2.75) is 32.4 Å². The van der Waals surface area contributed by atoms with E-state index < -0.39 is 22.7 Å². The second-order valence-electron chi connectivity index (χ2n) is 6.43. The number of nitro groups is 1. The molecule has 1 aromatic rings. The molecule has 8 nitrogen and oxygen atoms in total. The van der Waals surface area contributed by atoms with Crippen LogP contribution >= 0.6 is 0 Å². The van der Waals surface area contributed by atoms with Crippen LogP contribution in [0.5, 0.6) is 5.75 Å². The summed E-state index contributed by atoms with van der Waals surface area (Å²) in [6, 6.07) is 3.45. The molecule has 0 bridgehead atoms. The van der Waals surface area contributed by atoms with Gasteiger partial charge in [0.25, 0.3) is 5.69 Å². The minimum absolute atomic E-state index is 0.0539. The molecular weight excluding hydrogens is 302 g/mol. The predicted octanol–water partition coefficient (Wildman–Crippen LogP) is 2.18. The molecule has 2 rings (SSSR count). The number of rotatable bonds is 2. The molecule has 0 aliphatic carbocycles. The zero-order valence-electron chi connectivity index (χ0n) is 13.4. The number of nitrogens with zero attached hydrogens (tertiary/aromatic N) is 2. The van der Waals surface area contributed by atoms with Gasteiger partial charge < -0.3 is 20.1 Å². The molecule has 1 amide bonds. The van der Waals surface area contributed by atoms with E-state index in [0.29, 0.717) is 18.7 Å². The number of ether oxygens (including phenoxy) is 1. The van der Waals surface area contributed by atoms with E-state index in [9.17, 15) is 20.0 Å². The Labute approximate surface area is 134 Å². The van der Waals surface area contributed by atoms with E-state index in [-0.39, 0.29) is 18.0 Å². The highest BCUT2D eigenvalue weighted by Crippen LogP contribution is 2.30. The summed E-state index contributed by atoms with van der Waals surface area (Å²) in [5.41, 5.74) is -0.344. The van der Waals surface area contributed by atoms with Crippen molar-refractivity contribution in [2.75, 3.05) is 19.6 Å². The molecule has 1 heterocycles. The van der Waals surface area contributed by atoms with Crippen LogP contribution in [0.1, 0.15) is 32.4 Å². The third-order valence-electron chi connectivity index (χ3n) is 3.41. The number of hydrogen-bond donors (Lipinski definition) is 2. The van der Waals surface area contributed by atoms with Gasteiger partial charge in [0.15, 0.2) is 0 Å². The van der Waals surface area contributed by atoms with Gasteiger partial charge in [-0.25, -0.2) is 4.79 Å². The van der Waals surface area contributed by atoms with Gasteiger partial charge in [0, 0.05) is 25.7 Å². The fourth-order valence-corrected chi connectivity index (χ4v) is 2.44. The number of carbonyl (C=O) groups excluding carboxylic acids is 1. The van der Waals surface area contributed by atoms with E-state index >= 15 is 0 Å². The maximum atomic E-state index is 12.2. The van der Waals surface area contributed by atoms with Gasteiger partial charge in [-0.1, -0.05) is 0 Å². The summed E-state index contributed by atoms with van der Waals surface area (Å²) >= 11 is 0. The smallest absolute Gasteiger partial charge is 0.410 e. The maximum Gasteiger partial charge on any atom is 0.410 e. The molecule has 23 heavy (non-hydrogen) atoms. The summed E-state index contributed by atoms with van der Waals surface area (Å²) in [5.74, 6) is -0.0539. The van der Waals surface area contributed by atoms with Crippen LogP contribution in [0.4, 0.5) is 10.5 Å². The van der Waals surface area contributed by atoms with Gasteiger partial charge in [0.1, 0.15) is 11.4 Å². The summed E-state index contributed by atoms with van der Waals surface area (Å²) in [6.07, 6.45) is -0.452. The Bertz CT molecular complexity index is 612. The Morgan fingerprint density at radius 1 is 1.48 bits per heavy atom. The Hall–Kier alpha value is -2.35. The lowest BCUT2D eigenvalue weighted by molar-refractivity contribution is -0.385. The molecule has 8 heteroatoms. The number of carbonyl (C=O) groups is 1. The van der Waals surface area contributed by atoms with Crippen molar-refractivity contribution in [1.29, 1.82) is 0 Å². The number of benzene rings is 1. The van der Waals surface area contributed by atoms with Crippen LogP contribution in [0.3, 0.4) is 0 Å². The SMILES string of the molecule is CC(C)(C)OC(=O)N1CCNC(c2cc(O)ccc2[N+](=O)[O-])C1. The number of nitrogens with one attached hydrogen (secondary N) is 1. The zero-order chi connectivity index (χ0) is 17.2. The second-order valence-corrected chi connectivity index (χ2v) is 6.43. The number of nitro benzene ring substituents is 1. The summed E-state index contributed by atoms with van der Waals surface area (Å²) in [4.78, 5) is 24.4. The van der Waals surface area contributed by atoms with Crippen molar-refractivity contribution in [3.05, 3.63) is 33.9 Å². The van der Waals surface area contributed by atoms with Crippen molar-refractivity contribution < 1.29 is 19.6 Å². The Morgan fingerprint density at radius 2 is 2.17 bits per heavy atom. The van der Waals surface area contributed by atoms with E-state index in [1.54, 1.807) is 20.8 Å². The molecule has 1 atom stereocenters. The maximum absolute atomic E-state index is 12.2. The lowest BCUT2D eigenvalue weighted by atomic mass is 10.0. The minimum Gasteiger partial charge on any atom is -0.508 e. The molecule has 0 spiro atoms. The molecule has 1 fully saturated rings. The fraction of sp³-hybridized carbons (Fsp3) is 0.533. The summed E-state index contributed by atoms with van der Waals surface area (Å²) in [6.45, 7) is 6.52. The van der Waals surface area contributed by atoms with Gasteiger partial charge in [-0.2, -0.15) is 0 Å². The molecule has 2 N–H and O–H groups in total. The summed E-state index contributed by atoms with van der Waals surface area (Å²) in [5, 5.41) is 23.9. The van der Waals surface area contributed by atoms with Gasteiger partial charge >= 0.3 is 6.09 Å². The highest BCUT2D eigenvalue weighted by atomic mass is 16.6. The van der Waals surface area contributed by atoms with E-state index in [1.807, 2.05) is 0 Å². The molecule has 1 aliphatic heterocycles.